The van der Waals surface area contributed by atoms with Gasteiger partial charge in [-0.1, -0.05) is 24.3 Å². The second-order valence-electron chi connectivity index (χ2n) is 5.36. The predicted octanol–water partition coefficient (Wildman–Crippen LogP) is 3.64. The van der Waals surface area contributed by atoms with Crippen LogP contribution in [0.15, 0.2) is 24.3 Å². The highest BCUT2D eigenvalue weighted by atomic mass is 32.1. The number of benzene rings is 1. The first-order chi connectivity index (χ1) is 10.2. The van der Waals surface area contributed by atoms with Crippen molar-refractivity contribution in [1.82, 2.24) is 4.98 Å². The van der Waals surface area contributed by atoms with E-state index in [0.717, 1.165) is 30.0 Å². The summed E-state index contributed by atoms with van der Waals surface area (Å²) < 4.78 is 5.16. The van der Waals surface area contributed by atoms with Crippen LogP contribution in [-0.2, 0) is 22.4 Å². The number of hydrogen-bond donors (Lipinski definition) is 0. The zero-order valence-corrected chi connectivity index (χ0v) is 13.2. The van der Waals surface area contributed by atoms with Gasteiger partial charge in [-0.3, -0.25) is 4.79 Å². The summed E-state index contributed by atoms with van der Waals surface area (Å²) in [7, 11) is 0. The second kappa shape index (κ2) is 5.98. The van der Waals surface area contributed by atoms with Gasteiger partial charge in [0, 0.05) is 11.3 Å². The monoisotopic (exact) mass is 301 g/mol. The van der Waals surface area contributed by atoms with Crippen molar-refractivity contribution in [2.75, 3.05) is 6.61 Å². The van der Waals surface area contributed by atoms with Gasteiger partial charge < -0.3 is 4.74 Å². The molecule has 1 unspecified atom stereocenters. The standard InChI is InChI=1S/C17H19NO2S/c1-3-20-17(19)13-8-9-14-16(13)18-15(21-14)10-12-7-5-4-6-11(12)2/h4-7,13H,3,8-10H2,1-2H3. The summed E-state index contributed by atoms with van der Waals surface area (Å²) in [5.74, 6) is -0.272. The van der Waals surface area contributed by atoms with Crippen molar-refractivity contribution in [3.8, 4) is 0 Å². The zero-order chi connectivity index (χ0) is 14.8. The van der Waals surface area contributed by atoms with Crippen molar-refractivity contribution < 1.29 is 9.53 Å². The van der Waals surface area contributed by atoms with Crippen molar-refractivity contribution in [2.45, 2.75) is 39.0 Å². The number of aryl methyl sites for hydroxylation is 2. The third-order valence-corrected chi connectivity index (χ3v) is 5.07. The Morgan fingerprint density at radius 2 is 2.24 bits per heavy atom. The summed E-state index contributed by atoms with van der Waals surface area (Å²) in [4.78, 5) is 18.0. The molecule has 0 amide bonds. The highest BCUT2D eigenvalue weighted by molar-refractivity contribution is 7.11. The summed E-state index contributed by atoms with van der Waals surface area (Å²) in [6.07, 6.45) is 2.64. The van der Waals surface area contributed by atoms with Crippen LogP contribution < -0.4 is 0 Å². The molecule has 21 heavy (non-hydrogen) atoms. The number of carbonyl (C=O) groups excluding carboxylic acids is 1. The van der Waals surface area contributed by atoms with Crippen LogP contribution in [0.1, 0.15) is 46.0 Å². The van der Waals surface area contributed by atoms with E-state index in [0.29, 0.717) is 6.61 Å². The molecule has 3 nitrogen and oxygen atoms in total. The quantitative estimate of drug-likeness (QED) is 0.809. The highest BCUT2D eigenvalue weighted by Gasteiger charge is 2.33. The summed E-state index contributed by atoms with van der Waals surface area (Å²) in [5.41, 5.74) is 3.55. The van der Waals surface area contributed by atoms with E-state index in [9.17, 15) is 4.79 Å². The van der Waals surface area contributed by atoms with Gasteiger partial charge in [0.05, 0.1) is 17.3 Å². The molecular formula is C17H19NO2S. The van der Waals surface area contributed by atoms with Gasteiger partial charge in [-0.2, -0.15) is 0 Å². The molecule has 110 valence electrons. The van der Waals surface area contributed by atoms with E-state index in [2.05, 4.69) is 31.2 Å². The number of esters is 1. The highest BCUT2D eigenvalue weighted by Crippen LogP contribution is 2.37. The number of fused-ring (bicyclic) bond motifs is 1. The molecule has 0 spiro atoms. The average Bonchev–Trinajstić information content (AvgIpc) is 3.01. The molecule has 0 saturated heterocycles. The van der Waals surface area contributed by atoms with Crippen molar-refractivity contribution in [3.63, 3.8) is 0 Å². The first-order valence-electron chi connectivity index (χ1n) is 7.38. The fraction of sp³-hybridized carbons (Fsp3) is 0.412. The molecule has 0 aliphatic heterocycles. The van der Waals surface area contributed by atoms with Gasteiger partial charge >= 0.3 is 5.97 Å². The van der Waals surface area contributed by atoms with Crippen LogP contribution in [0.4, 0.5) is 0 Å². The smallest absolute Gasteiger partial charge is 0.315 e. The molecule has 2 aromatic rings. The fourth-order valence-corrected chi connectivity index (χ4v) is 3.97. The lowest BCUT2D eigenvalue weighted by molar-refractivity contribution is -0.145. The van der Waals surface area contributed by atoms with E-state index in [-0.39, 0.29) is 11.9 Å². The lowest BCUT2D eigenvalue weighted by atomic mass is 10.1. The maximum atomic E-state index is 12.0. The third-order valence-electron chi connectivity index (χ3n) is 3.94. The Balaban J connectivity index is 1.81. The SMILES string of the molecule is CCOC(=O)C1CCc2sc(Cc3ccccc3C)nc21. The molecule has 0 saturated carbocycles. The average molecular weight is 301 g/mol. The number of thiazole rings is 1. The van der Waals surface area contributed by atoms with Crippen LogP contribution in [0.5, 0.6) is 0 Å². The molecule has 4 heteroatoms. The molecule has 0 N–H and O–H groups in total. The first-order valence-corrected chi connectivity index (χ1v) is 8.20. The molecule has 1 aromatic carbocycles. The molecule has 1 heterocycles. The maximum absolute atomic E-state index is 12.0. The van der Waals surface area contributed by atoms with Crippen molar-refractivity contribution in [1.29, 1.82) is 0 Å². The number of aromatic nitrogens is 1. The first kappa shape index (κ1) is 14.3. The lowest BCUT2D eigenvalue weighted by Crippen LogP contribution is -2.14. The van der Waals surface area contributed by atoms with Gasteiger partial charge in [-0.05, 0) is 37.8 Å². The normalized spacial score (nSPS) is 16.8. The molecule has 1 aliphatic rings. The Bertz CT molecular complexity index is 663. The Morgan fingerprint density at radius 1 is 1.43 bits per heavy atom. The summed E-state index contributed by atoms with van der Waals surface area (Å²) >= 11 is 1.75. The van der Waals surface area contributed by atoms with Crippen molar-refractivity contribution in [2.24, 2.45) is 0 Å². The molecule has 1 atom stereocenters. The van der Waals surface area contributed by atoms with Crippen LogP contribution >= 0.6 is 11.3 Å². The van der Waals surface area contributed by atoms with E-state index in [1.807, 2.05) is 6.92 Å². The Morgan fingerprint density at radius 3 is 3.00 bits per heavy atom. The van der Waals surface area contributed by atoms with Gasteiger partial charge in [0.15, 0.2) is 0 Å². The van der Waals surface area contributed by atoms with Crippen molar-refractivity contribution >= 4 is 17.3 Å². The summed E-state index contributed by atoms with van der Waals surface area (Å²) in [5, 5.41) is 1.10. The number of carbonyl (C=O) groups is 1. The lowest BCUT2D eigenvalue weighted by Gasteiger charge is -2.08. The minimum Gasteiger partial charge on any atom is -0.465 e. The topological polar surface area (TPSA) is 39.2 Å². The van der Waals surface area contributed by atoms with E-state index < -0.39 is 0 Å². The number of nitrogens with zero attached hydrogens (tertiary/aromatic N) is 1. The van der Waals surface area contributed by atoms with E-state index >= 15 is 0 Å². The third kappa shape index (κ3) is 2.86. The van der Waals surface area contributed by atoms with Gasteiger partial charge in [-0.25, -0.2) is 4.98 Å². The Kier molecular flexibility index (Phi) is 4.06. The molecular weight excluding hydrogens is 282 g/mol. The Labute approximate surface area is 129 Å². The maximum Gasteiger partial charge on any atom is 0.315 e. The summed E-state index contributed by atoms with van der Waals surface area (Å²) in [6.45, 7) is 4.40. The van der Waals surface area contributed by atoms with Gasteiger partial charge in [0.1, 0.15) is 5.92 Å². The van der Waals surface area contributed by atoms with Crippen LogP contribution in [0.3, 0.4) is 0 Å². The second-order valence-corrected chi connectivity index (χ2v) is 6.53. The van der Waals surface area contributed by atoms with Crippen LogP contribution in [-0.4, -0.2) is 17.6 Å². The number of ether oxygens (including phenoxy) is 1. The van der Waals surface area contributed by atoms with Gasteiger partial charge in [0.25, 0.3) is 0 Å². The van der Waals surface area contributed by atoms with Gasteiger partial charge in [-0.15, -0.1) is 11.3 Å². The Hall–Kier alpha value is -1.68. The minimum atomic E-state index is -0.151. The van der Waals surface area contributed by atoms with Crippen LogP contribution in [0.25, 0.3) is 0 Å². The van der Waals surface area contributed by atoms with Gasteiger partial charge in [0.2, 0.25) is 0 Å². The van der Waals surface area contributed by atoms with Crippen LogP contribution in [0.2, 0.25) is 0 Å². The predicted molar refractivity (Wildman–Crippen MR) is 83.8 cm³/mol. The molecule has 1 aliphatic carbocycles. The molecule has 0 radical (unpaired) electrons. The number of rotatable bonds is 4. The minimum absolute atomic E-state index is 0.121. The zero-order valence-electron chi connectivity index (χ0n) is 12.4. The van der Waals surface area contributed by atoms with Crippen LogP contribution in [0, 0.1) is 6.92 Å². The van der Waals surface area contributed by atoms with Crippen molar-refractivity contribution in [3.05, 3.63) is 51.0 Å². The molecule has 3 rings (SSSR count). The van der Waals surface area contributed by atoms with E-state index in [1.54, 1.807) is 11.3 Å². The molecule has 1 aromatic heterocycles. The summed E-state index contributed by atoms with van der Waals surface area (Å²) in [6, 6.07) is 8.38. The van der Waals surface area contributed by atoms with E-state index in [1.165, 1.54) is 16.0 Å². The fourth-order valence-electron chi connectivity index (χ4n) is 2.80. The molecule has 0 bridgehead atoms. The van der Waals surface area contributed by atoms with E-state index in [4.69, 9.17) is 9.72 Å². The number of hydrogen-bond acceptors (Lipinski definition) is 4. The molecule has 0 fully saturated rings. The largest absolute Gasteiger partial charge is 0.465 e.